The van der Waals surface area contributed by atoms with Crippen molar-refractivity contribution >= 4 is 46.1 Å². The predicted molar refractivity (Wildman–Crippen MR) is 114 cm³/mol. The molecule has 6 nitrogen and oxygen atoms in total. The number of rotatable bonds is 9. The number of allylic oxidation sites excluding steroid dienone is 4. The number of carboxylic acids is 1. The van der Waals surface area contributed by atoms with Gasteiger partial charge < -0.3 is 10.1 Å². The van der Waals surface area contributed by atoms with Crippen molar-refractivity contribution in [2.45, 2.75) is 31.3 Å². The fourth-order valence-electron chi connectivity index (χ4n) is 2.67. The highest BCUT2D eigenvalue weighted by Crippen LogP contribution is 2.26. The Labute approximate surface area is 172 Å². The molecule has 2 heterocycles. The lowest BCUT2D eigenvalue weighted by Crippen LogP contribution is -1.97. The molecule has 0 spiro atoms. The van der Waals surface area contributed by atoms with Crippen LogP contribution in [0.2, 0.25) is 5.02 Å². The van der Waals surface area contributed by atoms with Crippen molar-refractivity contribution in [2.75, 3.05) is 5.75 Å². The number of imidazole rings is 1. The first-order chi connectivity index (χ1) is 13.6. The molecule has 0 amide bonds. The summed E-state index contributed by atoms with van der Waals surface area (Å²) < 4.78 is 1.85. The Morgan fingerprint density at radius 3 is 3.00 bits per heavy atom. The number of nitrogens with zero attached hydrogens (tertiary/aromatic N) is 3. The number of aromatic amines is 1. The summed E-state index contributed by atoms with van der Waals surface area (Å²) in [5.74, 6) is -0.915. The van der Waals surface area contributed by atoms with Crippen LogP contribution in [-0.4, -0.2) is 36.6 Å². The smallest absolute Gasteiger partial charge is 0.313 e. The molecule has 0 bridgehead atoms. The Balaban J connectivity index is 1.76. The normalized spacial score (nSPS) is 12.3. The number of nitrogens with one attached hydrogen (secondary N) is 1. The number of unbranched alkanes of at least 4 members (excludes halogenated alkanes) is 1. The number of carboxylic acid groups (broad SMARTS) is 1. The molecule has 0 atom stereocenters. The van der Waals surface area contributed by atoms with Gasteiger partial charge in [0.25, 0.3) is 0 Å². The van der Waals surface area contributed by atoms with Gasteiger partial charge in [-0.3, -0.25) is 4.79 Å². The molecule has 146 valence electrons. The maximum atomic E-state index is 10.7. The molecule has 0 saturated carbocycles. The van der Waals surface area contributed by atoms with Gasteiger partial charge >= 0.3 is 5.97 Å². The van der Waals surface area contributed by atoms with Crippen LogP contribution in [0.25, 0.3) is 16.7 Å². The van der Waals surface area contributed by atoms with E-state index in [0.29, 0.717) is 16.6 Å². The van der Waals surface area contributed by atoms with Crippen molar-refractivity contribution < 1.29 is 9.90 Å². The van der Waals surface area contributed by atoms with Gasteiger partial charge in [0.1, 0.15) is 0 Å². The summed E-state index contributed by atoms with van der Waals surface area (Å²) in [5.41, 5.74) is 3.57. The highest BCUT2D eigenvalue weighted by atomic mass is 35.5. The van der Waals surface area contributed by atoms with E-state index in [9.17, 15) is 4.79 Å². The zero-order chi connectivity index (χ0) is 19.9. The number of halogens is 1. The number of aromatic nitrogens is 4. The highest BCUT2D eigenvalue weighted by Gasteiger charge is 2.09. The summed E-state index contributed by atoms with van der Waals surface area (Å²) in [5, 5.41) is 14.3. The molecule has 2 aromatic heterocycles. The van der Waals surface area contributed by atoms with Crippen LogP contribution in [0.15, 0.2) is 54.0 Å². The fourth-order valence-corrected chi connectivity index (χ4v) is 3.51. The molecule has 0 unspecified atom stereocenters. The SMILES string of the molecule is CCCC=C(/C=C\Cc1cc2[nH]c(SCC(=O)O)nc2cc1Cl)n1cccn1. The summed E-state index contributed by atoms with van der Waals surface area (Å²) >= 11 is 7.57. The number of hydrogen-bond donors (Lipinski definition) is 2. The van der Waals surface area contributed by atoms with Crippen molar-refractivity contribution in [3.8, 4) is 0 Å². The van der Waals surface area contributed by atoms with Crippen LogP contribution in [0, 0.1) is 0 Å². The van der Waals surface area contributed by atoms with E-state index < -0.39 is 5.97 Å². The molecule has 28 heavy (non-hydrogen) atoms. The lowest BCUT2D eigenvalue weighted by Gasteiger charge is -2.04. The van der Waals surface area contributed by atoms with Gasteiger partial charge in [0, 0.05) is 17.4 Å². The van der Waals surface area contributed by atoms with E-state index in [2.05, 4.69) is 34.1 Å². The summed E-state index contributed by atoms with van der Waals surface area (Å²) in [6.07, 6.45) is 12.7. The van der Waals surface area contributed by atoms with Crippen molar-refractivity contribution in [3.63, 3.8) is 0 Å². The molecule has 0 aliphatic rings. The molecule has 0 fully saturated rings. The minimum absolute atomic E-state index is 0.0382. The number of thioether (sulfide) groups is 1. The molecule has 2 N–H and O–H groups in total. The Morgan fingerprint density at radius 2 is 2.29 bits per heavy atom. The zero-order valence-electron chi connectivity index (χ0n) is 15.4. The molecule has 0 aliphatic carbocycles. The van der Waals surface area contributed by atoms with Crippen molar-refractivity contribution in [1.82, 2.24) is 19.7 Å². The van der Waals surface area contributed by atoms with Gasteiger partial charge in [-0.2, -0.15) is 5.10 Å². The second kappa shape index (κ2) is 9.61. The van der Waals surface area contributed by atoms with E-state index in [4.69, 9.17) is 16.7 Å². The molecule has 3 aromatic rings. The quantitative estimate of drug-likeness (QED) is 0.377. The molecular weight excluding hydrogens is 396 g/mol. The average Bonchev–Trinajstić information content (AvgIpc) is 3.32. The second-order valence-electron chi connectivity index (χ2n) is 6.16. The Morgan fingerprint density at radius 1 is 1.43 bits per heavy atom. The summed E-state index contributed by atoms with van der Waals surface area (Å²) in [6, 6.07) is 5.67. The predicted octanol–water partition coefficient (Wildman–Crippen LogP) is 5.03. The van der Waals surface area contributed by atoms with Gasteiger partial charge in [0.2, 0.25) is 0 Å². The van der Waals surface area contributed by atoms with Crippen molar-refractivity contribution in [3.05, 3.63) is 59.4 Å². The van der Waals surface area contributed by atoms with Crippen LogP contribution in [0.1, 0.15) is 25.3 Å². The number of aliphatic carboxylic acids is 1. The van der Waals surface area contributed by atoms with E-state index in [1.165, 1.54) is 0 Å². The minimum Gasteiger partial charge on any atom is -0.481 e. The lowest BCUT2D eigenvalue weighted by atomic mass is 10.1. The van der Waals surface area contributed by atoms with Crippen LogP contribution in [0.4, 0.5) is 0 Å². The average molecular weight is 417 g/mol. The molecule has 0 radical (unpaired) electrons. The fraction of sp³-hybridized carbons (Fsp3) is 0.250. The Hall–Kier alpha value is -2.51. The molecule has 0 aliphatic heterocycles. The van der Waals surface area contributed by atoms with Crippen LogP contribution in [0.3, 0.4) is 0 Å². The zero-order valence-corrected chi connectivity index (χ0v) is 17.0. The highest BCUT2D eigenvalue weighted by molar-refractivity contribution is 7.99. The van der Waals surface area contributed by atoms with E-state index in [-0.39, 0.29) is 5.75 Å². The largest absolute Gasteiger partial charge is 0.481 e. The topological polar surface area (TPSA) is 83.8 Å². The first kappa shape index (κ1) is 20.2. The lowest BCUT2D eigenvalue weighted by molar-refractivity contribution is -0.133. The third kappa shape index (κ3) is 5.27. The van der Waals surface area contributed by atoms with Crippen molar-refractivity contribution in [2.24, 2.45) is 0 Å². The van der Waals surface area contributed by atoms with E-state index >= 15 is 0 Å². The number of H-pyrrole nitrogens is 1. The van der Waals surface area contributed by atoms with Crippen molar-refractivity contribution in [1.29, 1.82) is 0 Å². The Bertz CT molecular complexity index is 1010. The molecule has 8 heteroatoms. The third-order valence-corrected chi connectivity index (χ3v) is 5.21. The van der Waals surface area contributed by atoms with Crippen LogP contribution < -0.4 is 0 Å². The van der Waals surface area contributed by atoms with E-state index in [1.807, 2.05) is 35.2 Å². The minimum atomic E-state index is -0.876. The van der Waals surface area contributed by atoms with Crippen LogP contribution in [0.5, 0.6) is 0 Å². The van der Waals surface area contributed by atoms with Gasteiger partial charge in [-0.25, -0.2) is 9.67 Å². The molecule has 0 saturated heterocycles. The Kier molecular flexibility index (Phi) is 6.95. The first-order valence-electron chi connectivity index (χ1n) is 8.96. The van der Waals surface area contributed by atoms with E-state index in [0.717, 1.165) is 46.9 Å². The summed E-state index contributed by atoms with van der Waals surface area (Å²) in [6.45, 7) is 2.14. The number of hydrogen-bond acceptors (Lipinski definition) is 4. The molecule has 3 rings (SSSR count). The summed E-state index contributed by atoms with van der Waals surface area (Å²) in [7, 11) is 0. The standard InChI is InChI=1S/C20H21ClN4O2S/c1-2-3-7-15(25-10-5-9-22-25)8-4-6-14-11-17-18(12-16(14)21)24-20(23-17)28-13-19(26)27/h4-5,7-12H,2-3,6,13H2,1H3,(H,23,24)(H,26,27)/b8-4-,15-7?. The third-order valence-electron chi connectivity index (χ3n) is 4.00. The molecule has 1 aromatic carbocycles. The van der Waals surface area contributed by atoms with Crippen LogP contribution in [-0.2, 0) is 11.2 Å². The summed E-state index contributed by atoms with van der Waals surface area (Å²) in [4.78, 5) is 18.3. The van der Waals surface area contributed by atoms with Gasteiger partial charge in [-0.05, 0) is 42.7 Å². The van der Waals surface area contributed by atoms with Crippen LogP contribution >= 0.6 is 23.4 Å². The maximum absolute atomic E-state index is 10.7. The van der Waals surface area contributed by atoms with Gasteiger partial charge in [-0.1, -0.05) is 48.9 Å². The van der Waals surface area contributed by atoms with Gasteiger partial charge in [-0.15, -0.1) is 0 Å². The van der Waals surface area contributed by atoms with Gasteiger partial charge in [0.05, 0.1) is 22.5 Å². The first-order valence-corrected chi connectivity index (χ1v) is 10.3. The number of benzene rings is 1. The van der Waals surface area contributed by atoms with E-state index in [1.54, 1.807) is 6.20 Å². The monoisotopic (exact) mass is 416 g/mol. The molecular formula is C20H21ClN4O2S. The number of carbonyl (C=O) groups is 1. The maximum Gasteiger partial charge on any atom is 0.313 e. The number of fused-ring (bicyclic) bond motifs is 1. The van der Waals surface area contributed by atoms with Gasteiger partial charge in [0.15, 0.2) is 5.16 Å². The second-order valence-corrected chi connectivity index (χ2v) is 7.53.